The lowest BCUT2D eigenvalue weighted by Crippen LogP contribution is -2.28. The summed E-state index contributed by atoms with van der Waals surface area (Å²) in [5.74, 6) is 0. The fraction of sp³-hybridized carbons (Fsp3) is 0.455. The number of hydrogen-bond donors (Lipinski definition) is 0. The zero-order chi connectivity index (χ0) is 23.8. The van der Waals surface area contributed by atoms with Crippen LogP contribution in [0.2, 0.25) is 10.0 Å². The number of thioether (sulfide) groups is 2. The zero-order valence-electron chi connectivity index (χ0n) is 16.9. The second-order valence-electron chi connectivity index (χ2n) is 7.20. The van der Waals surface area contributed by atoms with E-state index in [9.17, 15) is 26.3 Å². The van der Waals surface area contributed by atoms with Crippen LogP contribution >= 0.6 is 46.7 Å². The highest BCUT2D eigenvalue weighted by molar-refractivity contribution is 8.00. The summed E-state index contributed by atoms with van der Waals surface area (Å²) in [5, 5.41) is -4.72. The average molecular weight is 535 g/mol. The Hall–Kier alpha value is -0.700. The summed E-state index contributed by atoms with van der Waals surface area (Å²) in [4.78, 5) is 0.658. The van der Waals surface area contributed by atoms with Gasteiger partial charge in [0.05, 0.1) is 0 Å². The topological polar surface area (TPSA) is 0 Å². The van der Waals surface area contributed by atoms with Crippen LogP contribution in [-0.4, -0.2) is 22.9 Å². The summed E-state index contributed by atoms with van der Waals surface area (Å²) in [5.41, 5.74) is 0. The smallest absolute Gasteiger partial charge is 0.225 e. The summed E-state index contributed by atoms with van der Waals surface area (Å²) in [7, 11) is 0. The van der Waals surface area contributed by atoms with Gasteiger partial charge < -0.3 is 0 Å². The maximum Gasteiger partial charge on any atom is 0.281 e. The number of halogens is 8. The van der Waals surface area contributed by atoms with Crippen LogP contribution in [0.3, 0.4) is 0 Å². The van der Waals surface area contributed by atoms with Crippen molar-refractivity contribution in [1.82, 2.24) is 0 Å². The van der Waals surface area contributed by atoms with Crippen molar-refractivity contribution in [2.75, 3.05) is 0 Å². The van der Waals surface area contributed by atoms with Crippen molar-refractivity contribution in [3.8, 4) is 0 Å². The summed E-state index contributed by atoms with van der Waals surface area (Å²) in [6.45, 7) is 0. The lowest BCUT2D eigenvalue weighted by molar-refractivity contribution is 0.0187. The molecule has 0 nitrogen and oxygen atoms in total. The number of unbranched alkanes of at least 4 members (excludes halogenated alkanes) is 3. The Morgan fingerprint density at radius 1 is 0.594 bits per heavy atom. The molecule has 0 aliphatic heterocycles. The normalized spacial score (nSPS) is 15.7. The highest BCUT2D eigenvalue weighted by Crippen LogP contribution is 2.45. The molecular formula is C22H22Cl2F6S2. The molecule has 178 valence electrons. The molecular weight excluding hydrogens is 513 g/mol. The van der Waals surface area contributed by atoms with E-state index in [1.807, 2.05) is 0 Å². The Bertz CT molecular complexity index is 753. The fourth-order valence-corrected chi connectivity index (χ4v) is 5.14. The molecule has 0 saturated carbocycles. The molecule has 2 aromatic carbocycles. The Kier molecular flexibility index (Phi) is 10.9. The number of hydrogen-bond acceptors (Lipinski definition) is 2. The number of rotatable bonds is 13. The van der Waals surface area contributed by atoms with E-state index >= 15 is 0 Å². The van der Waals surface area contributed by atoms with E-state index in [1.54, 1.807) is 0 Å². The fourth-order valence-electron chi connectivity index (χ4n) is 2.89. The molecule has 2 rings (SSSR count). The van der Waals surface area contributed by atoms with Gasteiger partial charge in [0.2, 0.25) is 10.0 Å². The largest absolute Gasteiger partial charge is 0.281 e. The lowest BCUT2D eigenvalue weighted by Gasteiger charge is -2.25. The summed E-state index contributed by atoms with van der Waals surface area (Å²) < 4.78 is 82.9. The van der Waals surface area contributed by atoms with E-state index in [0.29, 0.717) is 56.2 Å². The first-order valence-corrected chi connectivity index (χ1v) is 12.3. The highest BCUT2D eigenvalue weighted by atomic mass is 35.5. The standard InChI is InChI=1S/C22H22Cl2F6S2/c23-15-5-9-17(10-6-15)31-21(29,19(25)26)13-3-1-2-4-14-22(30,20(27)28)32-18-11-7-16(24)8-12-18/h5-12,19-20H,1-4,13-14H2. The first-order valence-electron chi connectivity index (χ1n) is 9.87. The van der Waals surface area contributed by atoms with Crippen LogP contribution in [0.1, 0.15) is 38.5 Å². The average Bonchev–Trinajstić information content (AvgIpc) is 2.74. The van der Waals surface area contributed by atoms with Gasteiger partial charge in [-0.25, -0.2) is 26.3 Å². The number of benzene rings is 2. The minimum atomic E-state index is -3.20. The Labute approximate surface area is 202 Å². The Morgan fingerprint density at radius 2 is 0.906 bits per heavy atom. The van der Waals surface area contributed by atoms with Crippen molar-refractivity contribution >= 4 is 46.7 Å². The van der Waals surface area contributed by atoms with Gasteiger partial charge in [0.25, 0.3) is 12.9 Å². The third kappa shape index (κ3) is 8.58. The molecule has 0 saturated heterocycles. The Balaban J connectivity index is 1.81. The van der Waals surface area contributed by atoms with Crippen molar-refractivity contribution in [3.05, 3.63) is 58.6 Å². The maximum absolute atomic E-state index is 14.8. The third-order valence-electron chi connectivity index (χ3n) is 4.64. The molecule has 0 heterocycles. The van der Waals surface area contributed by atoms with Crippen LogP contribution in [0.5, 0.6) is 0 Å². The molecule has 0 spiro atoms. The molecule has 0 N–H and O–H groups in total. The molecule has 0 fully saturated rings. The zero-order valence-corrected chi connectivity index (χ0v) is 20.0. The SMILES string of the molecule is FC(F)C(F)(CCCCCCC(F)(Sc1ccc(Cl)cc1)C(F)F)Sc1ccc(Cl)cc1. The van der Waals surface area contributed by atoms with Gasteiger partial charge in [-0.15, -0.1) is 0 Å². The van der Waals surface area contributed by atoms with Crippen LogP contribution in [0, 0.1) is 0 Å². The van der Waals surface area contributed by atoms with Gasteiger partial charge in [-0.3, -0.25) is 0 Å². The predicted octanol–water partition coefficient (Wildman–Crippen LogP) is 10.1. The molecule has 2 aromatic rings. The van der Waals surface area contributed by atoms with Gasteiger partial charge >= 0.3 is 0 Å². The number of alkyl halides is 6. The van der Waals surface area contributed by atoms with E-state index in [2.05, 4.69) is 0 Å². The van der Waals surface area contributed by atoms with Crippen LogP contribution in [0.4, 0.5) is 26.3 Å². The van der Waals surface area contributed by atoms with Crippen LogP contribution in [0.15, 0.2) is 58.3 Å². The van der Waals surface area contributed by atoms with Gasteiger partial charge in [-0.2, -0.15) is 0 Å². The van der Waals surface area contributed by atoms with Gasteiger partial charge in [-0.1, -0.05) is 59.6 Å². The van der Waals surface area contributed by atoms with Crippen LogP contribution in [0.25, 0.3) is 0 Å². The quantitative estimate of drug-likeness (QED) is 0.142. The van der Waals surface area contributed by atoms with E-state index in [-0.39, 0.29) is 12.8 Å². The van der Waals surface area contributed by atoms with Crippen molar-refractivity contribution in [2.45, 2.75) is 71.2 Å². The lowest BCUT2D eigenvalue weighted by atomic mass is 10.1. The summed E-state index contributed by atoms with van der Waals surface area (Å²) >= 11 is 12.4. The van der Waals surface area contributed by atoms with Crippen LogP contribution < -0.4 is 0 Å². The molecule has 0 aliphatic rings. The minimum absolute atomic E-state index is 0.125. The summed E-state index contributed by atoms with van der Waals surface area (Å²) in [6, 6.07) is 11.8. The molecule has 0 bridgehead atoms. The molecule has 0 aromatic heterocycles. The van der Waals surface area contributed by atoms with E-state index < -0.39 is 35.7 Å². The van der Waals surface area contributed by atoms with Gasteiger partial charge in [0, 0.05) is 19.8 Å². The maximum atomic E-state index is 14.8. The second kappa shape index (κ2) is 12.7. The van der Waals surface area contributed by atoms with Gasteiger partial charge in [-0.05, 0) is 74.2 Å². The molecule has 10 heteroatoms. The van der Waals surface area contributed by atoms with Crippen molar-refractivity contribution in [1.29, 1.82) is 0 Å². The predicted molar refractivity (Wildman–Crippen MR) is 122 cm³/mol. The first kappa shape index (κ1) is 27.5. The van der Waals surface area contributed by atoms with Crippen molar-refractivity contribution < 1.29 is 26.3 Å². The van der Waals surface area contributed by atoms with Crippen molar-refractivity contribution in [2.24, 2.45) is 0 Å². The Morgan fingerprint density at radius 3 is 1.19 bits per heavy atom. The molecule has 0 radical (unpaired) electrons. The van der Waals surface area contributed by atoms with Gasteiger partial charge in [0.1, 0.15) is 0 Å². The first-order chi connectivity index (χ1) is 15.0. The van der Waals surface area contributed by atoms with E-state index in [4.69, 9.17) is 23.2 Å². The minimum Gasteiger partial charge on any atom is -0.225 e. The van der Waals surface area contributed by atoms with E-state index in [1.165, 1.54) is 48.5 Å². The molecule has 2 atom stereocenters. The monoisotopic (exact) mass is 534 g/mol. The highest BCUT2D eigenvalue weighted by Gasteiger charge is 2.42. The molecule has 0 amide bonds. The second-order valence-corrected chi connectivity index (χ2v) is 10.8. The van der Waals surface area contributed by atoms with Crippen molar-refractivity contribution in [3.63, 3.8) is 0 Å². The third-order valence-corrected chi connectivity index (χ3v) is 7.60. The van der Waals surface area contributed by atoms with Gasteiger partial charge in [0.15, 0.2) is 0 Å². The summed E-state index contributed by atoms with van der Waals surface area (Å²) in [6.07, 6.45) is -6.32. The van der Waals surface area contributed by atoms with Crippen LogP contribution in [-0.2, 0) is 0 Å². The molecule has 2 unspecified atom stereocenters. The molecule has 32 heavy (non-hydrogen) atoms. The van der Waals surface area contributed by atoms with E-state index in [0.717, 1.165) is 0 Å². The molecule has 0 aliphatic carbocycles.